The Hall–Kier alpha value is -1.37. The van der Waals surface area contributed by atoms with Gasteiger partial charge in [-0.15, -0.1) is 0 Å². The SMILES string of the molecule is Cc1ccc(SSCc2ccc(C#N)cc2)cc1. The van der Waals surface area contributed by atoms with Gasteiger partial charge in [-0.3, -0.25) is 0 Å². The quantitative estimate of drug-likeness (QED) is 0.746. The van der Waals surface area contributed by atoms with Crippen LogP contribution in [0.3, 0.4) is 0 Å². The van der Waals surface area contributed by atoms with Gasteiger partial charge in [0.25, 0.3) is 0 Å². The van der Waals surface area contributed by atoms with E-state index in [0.717, 1.165) is 11.3 Å². The second-order valence-electron chi connectivity index (χ2n) is 3.97. The first-order valence-corrected chi connectivity index (χ1v) is 7.95. The van der Waals surface area contributed by atoms with Gasteiger partial charge in [0.15, 0.2) is 0 Å². The first-order valence-electron chi connectivity index (χ1n) is 5.63. The molecule has 0 unspecified atom stereocenters. The first kappa shape index (κ1) is 13.1. The second-order valence-corrected chi connectivity index (χ2v) is 6.34. The molecule has 0 atom stereocenters. The molecule has 0 aliphatic heterocycles. The number of rotatable bonds is 4. The first-order chi connectivity index (χ1) is 8.78. The molecule has 2 aromatic carbocycles. The molecule has 2 rings (SSSR count). The molecule has 0 aliphatic carbocycles. The van der Waals surface area contributed by atoms with Gasteiger partial charge in [-0.05, 0) is 36.8 Å². The number of aryl methyl sites for hydroxylation is 1. The van der Waals surface area contributed by atoms with Crippen LogP contribution in [0.5, 0.6) is 0 Å². The van der Waals surface area contributed by atoms with E-state index in [2.05, 4.69) is 37.3 Å². The summed E-state index contributed by atoms with van der Waals surface area (Å²) in [5.74, 6) is 0.949. The van der Waals surface area contributed by atoms with Crippen molar-refractivity contribution >= 4 is 21.6 Å². The van der Waals surface area contributed by atoms with Gasteiger partial charge in [-0.2, -0.15) is 5.26 Å². The molecule has 1 nitrogen and oxygen atoms in total. The normalized spacial score (nSPS) is 10.0. The van der Waals surface area contributed by atoms with Crippen molar-refractivity contribution in [1.82, 2.24) is 0 Å². The lowest BCUT2D eigenvalue weighted by atomic mass is 10.2. The molecule has 0 aliphatic rings. The van der Waals surface area contributed by atoms with Crippen LogP contribution in [0.1, 0.15) is 16.7 Å². The minimum Gasteiger partial charge on any atom is -0.192 e. The molecule has 0 heterocycles. The zero-order chi connectivity index (χ0) is 12.8. The average molecular weight is 271 g/mol. The van der Waals surface area contributed by atoms with Crippen molar-refractivity contribution in [2.24, 2.45) is 0 Å². The summed E-state index contributed by atoms with van der Waals surface area (Å²) in [5, 5.41) is 8.72. The van der Waals surface area contributed by atoms with E-state index in [9.17, 15) is 0 Å². The molecule has 3 heteroatoms. The van der Waals surface area contributed by atoms with Crippen LogP contribution >= 0.6 is 21.6 Å². The maximum Gasteiger partial charge on any atom is 0.0991 e. The maximum absolute atomic E-state index is 8.72. The highest BCUT2D eigenvalue weighted by Gasteiger charge is 1.97. The number of nitriles is 1. The van der Waals surface area contributed by atoms with Crippen LogP contribution in [0.2, 0.25) is 0 Å². The van der Waals surface area contributed by atoms with Crippen molar-refractivity contribution in [3.8, 4) is 6.07 Å². The van der Waals surface area contributed by atoms with E-state index in [-0.39, 0.29) is 0 Å². The Bertz CT molecular complexity index is 538. The summed E-state index contributed by atoms with van der Waals surface area (Å²) in [6.07, 6.45) is 0. The molecule has 0 bridgehead atoms. The third-order valence-corrected chi connectivity index (χ3v) is 4.80. The van der Waals surface area contributed by atoms with E-state index in [1.165, 1.54) is 16.0 Å². The summed E-state index contributed by atoms with van der Waals surface area (Å²) in [6.45, 7) is 2.10. The number of benzene rings is 2. The van der Waals surface area contributed by atoms with Crippen molar-refractivity contribution in [2.45, 2.75) is 17.6 Å². The minimum absolute atomic E-state index is 0.718. The van der Waals surface area contributed by atoms with Crippen LogP contribution in [-0.2, 0) is 5.75 Å². The third-order valence-electron chi connectivity index (χ3n) is 2.48. The molecule has 0 amide bonds. The molecule has 0 saturated heterocycles. The molecular formula is C15H13NS2. The lowest BCUT2D eigenvalue weighted by Gasteiger charge is -2.02. The van der Waals surface area contributed by atoms with Crippen LogP contribution in [0.15, 0.2) is 53.4 Å². The highest BCUT2D eigenvalue weighted by molar-refractivity contribution is 8.76. The Morgan fingerprint density at radius 1 is 1.00 bits per heavy atom. The number of hydrogen-bond donors (Lipinski definition) is 0. The molecule has 0 radical (unpaired) electrons. The van der Waals surface area contributed by atoms with E-state index in [1.54, 1.807) is 10.8 Å². The molecular weight excluding hydrogens is 258 g/mol. The predicted molar refractivity (Wildman–Crippen MR) is 79.5 cm³/mol. The molecule has 0 aromatic heterocycles. The van der Waals surface area contributed by atoms with Crippen molar-refractivity contribution in [2.75, 3.05) is 0 Å². The average Bonchev–Trinajstić information content (AvgIpc) is 2.42. The van der Waals surface area contributed by atoms with Crippen LogP contribution in [0.25, 0.3) is 0 Å². The highest BCUT2D eigenvalue weighted by atomic mass is 33.1. The van der Waals surface area contributed by atoms with Gasteiger partial charge in [0.2, 0.25) is 0 Å². The van der Waals surface area contributed by atoms with Gasteiger partial charge in [0.1, 0.15) is 0 Å². The fourth-order valence-electron chi connectivity index (χ4n) is 1.43. The van der Waals surface area contributed by atoms with Crippen molar-refractivity contribution < 1.29 is 0 Å². The zero-order valence-electron chi connectivity index (χ0n) is 10.1. The van der Waals surface area contributed by atoms with E-state index >= 15 is 0 Å². The molecule has 0 spiro atoms. The fraction of sp³-hybridized carbons (Fsp3) is 0.133. The summed E-state index contributed by atoms with van der Waals surface area (Å²) in [7, 11) is 3.60. The van der Waals surface area contributed by atoms with Gasteiger partial charge in [0.05, 0.1) is 11.6 Å². The second kappa shape index (κ2) is 6.53. The van der Waals surface area contributed by atoms with Gasteiger partial charge in [-0.1, -0.05) is 51.4 Å². The Morgan fingerprint density at radius 3 is 2.28 bits per heavy atom. The number of hydrogen-bond acceptors (Lipinski definition) is 3. The fourth-order valence-corrected chi connectivity index (χ4v) is 3.53. The molecule has 2 aromatic rings. The zero-order valence-corrected chi connectivity index (χ0v) is 11.7. The Kier molecular flexibility index (Phi) is 4.74. The summed E-state index contributed by atoms with van der Waals surface area (Å²) in [6, 6.07) is 18.4. The van der Waals surface area contributed by atoms with Gasteiger partial charge < -0.3 is 0 Å². The maximum atomic E-state index is 8.72. The highest BCUT2D eigenvalue weighted by Crippen LogP contribution is 2.33. The van der Waals surface area contributed by atoms with E-state index in [4.69, 9.17) is 5.26 Å². The Labute approximate surface area is 116 Å². The minimum atomic E-state index is 0.718. The molecule has 0 fully saturated rings. The van der Waals surface area contributed by atoms with E-state index in [1.807, 2.05) is 35.1 Å². The van der Waals surface area contributed by atoms with Gasteiger partial charge >= 0.3 is 0 Å². The lowest BCUT2D eigenvalue weighted by Crippen LogP contribution is -1.79. The molecule has 0 saturated carbocycles. The topological polar surface area (TPSA) is 23.8 Å². The largest absolute Gasteiger partial charge is 0.192 e. The summed E-state index contributed by atoms with van der Waals surface area (Å²) >= 11 is 0. The predicted octanol–water partition coefficient (Wildman–Crippen LogP) is 4.81. The summed E-state index contributed by atoms with van der Waals surface area (Å²) < 4.78 is 0. The van der Waals surface area contributed by atoms with E-state index in [0.29, 0.717) is 0 Å². The van der Waals surface area contributed by atoms with Crippen LogP contribution in [-0.4, -0.2) is 0 Å². The van der Waals surface area contributed by atoms with Crippen molar-refractivity contribution in [3.05, 3.63) is 65.2 Å². The Balaban J connectivity index is 1.84. The van der Waals surface area contributed by atoms with Crippen molar-refractivity contribution in [3.63, 3.8) is 0 Å². The van der Waals surface area contributed by atoms with Crippen LogP contribution < -0.4 is 0 Å². The van der Waals surface area contributed by atoms with Crippen LogP contribution in [0.4, 0.5) is 0 Å². The standard InChI is InChI=1S/C15H13NS2/c1-12-2-8-15(9-3-12)18-17-11-14-6-4-13(10-16)5-7-14/h2-9H,11H2,1H3. The monoisotopic (exact) mass is 271 g/mol. The molecule has 90 valence electrons. The molecule has 18 heavy (non-hydrogen) atoms. The van der Waals surface area contributed by atoms with Gasteiger partial charge in [0, 0.05) is 10.6 Å². The third kappa shape index (κ3) is 3.83. The summed E-state index contributed by atoms with van der Waals surface area (Å²) in [5.41, 5.74) is 3.25. The van der Waals surface area contributed by atoms with E-state index < -0.39 is 0 Å². The smallest absolute Gasteiger partial charge is 0.0991 e. The number of nitrogens with zero attached hydrogens (tertiary/aromatic N) is 1. The summed E-state index contributed by atoms with van der Waals surface area (Å²) in [4.78, 5) is 1.28. The van der Waals surface area contributed by atoms with Gasteiger partial charge in [-0.25, -0.2) is 0 Å². The Morgan fingerprint density at radius 2 is 1.67 bits per heavy atom. The van der Waals surface area contributed by atoms with Crippen LogP contribution in [0, 0.1) is 18.3 Å². The van der Waals surface area contributed by atoms with Crippen molar-refractivity contribution in [1.29, 1.82) is 5.26 Å². The lowest BCUT2D eigenvalue weighted by molar-refractivity contribution is 1.38. The molecule has 0 N–H and O–H groups in total.